The molecule has 0 aromatic heterocycles. The second kappa shape index (κ2) is 8.90. The van der Waals surface area contributed by atoms with Crippen molar-refractivity contribution in [2.75, 3.05) is 47.4 Å². The van der Waals surface area contributed by atoms with Crippen molar-refractivity contribution in [1.29, 1.82) is 0 Å². The molecule has 0 spiro atoms. The lowest BCUT2D eigenvalue weighted by Crippen LogP contribution is -2.52. The first kappa shape index (κ1) is 20.0. The van der Waals surface area contributed by atoms with Crippen LogP contribution in [0.5, 0.6) is 11.5 Å². The highest BCUT2D eigenvalue weighted by atomic mass is 35.5. The van der Waals surface area contributed by atoms with Gasteiger partial charge in [0.25, 0.3) is 0 Å². The van der Waals surface area contributed by atoms with Gasteiger partial charge in [0.1, 0.15) is 6.61 Å². The lowest BCUT2D eigenvalue weighted by Gasteiger charge is -2.40. The van der Waals surface area contributed by atoms with E-state index in [2.05, 4.69) is 11.5 Å². The Bertz CT molecular complexity index is 594. The minimum absolute atomic E-state index is 0.399. The van der Waals surface area contributed by atoms with E-state index in [0.717, 1.165) is 24.9 Å². The van der Waals surface area contributed by atoms with Crippen LogP contribution in [0.1, 0.15) is 18.4 Å². The molecular weight excluding hydrogens is 340 g/mol. The number of halogens is 1. The Balaban J connectivity index is 2.12. The second-order valence-electron chi connectivity index (χ2n) is 6.97. The van der Waals surface area contributed by atoms with Crippen LogP contribution < -0.4 is 9.47 Å². The van der Waals surface area contributed by atoms with E-state index in [9.17, 15) is 5.11 Å². The van der Waals surface area contributed by atoms with Crippen LogP contribution in [0.3, 0.4) is 0 Å². The summed E-state index contributed by atoms with van der Waals surface area (Å²) in [5.41, 5.74) is 0.296. The van der Waals surface area contributed by atoms with Crippen LogP contribution in [-0.2, 0) is 6.54 Å². The Kier molecular flexibility index (Phi) is 7.14. The van der Waals surface area contributed by atoms with E-state index in [1.54, 1.807) is 19.3 Å². The van der Waals surface area contributed by atoms with Crippen LogP contribution in [0.25, 0.3) is 0 Å². The zero-order chi connectivity index (χ0) is 18.4. The molecule has 0 amide bonds. The van der Waals surface area contributed by atoms with Crippen molar-refractivity contribution in [1.82, 2.24) is 9.80 Å². The van der Waals surface area contributed by atoms with Crippen molar-refractivity contribution in [3.8, 4) is 11.5 Å². The quantitative estimate of drug-likeness (QED) is 0.715. The maximum Gasteiger partial charge on any atom is 0.163 e. The second-order valence-corrected chi connectivity index (χ2v) is 7.38. The number of likely N-dealkylation sites (N-methyl/N-ethyl adjacent to an activating group) is 1. The number of benzene rings is 1. The molecule has 1 aliphatic heterocycles. The van der Waals surface area contributed by atoms with Gasteiger partial charge in [-0.15, -0.1) is 0 Å². The van der Waals surface area contributed by atoms with Gasteiger partial charge in [-0.25, -0.2) is 0 Å². The van der Waals surface area contributed by atoms with E-state index < -0.39 is 5.60 Å². The number of β-amino-alcohol motifs (C(OH)–C–C–N with tert-alkyl or cyclic N) is 1. The summed E-state index contributed by atoms with van der Waals surface area (Å²) in [6.07, 6.45) is 3.48. The fourth-order valence-corrected chi connectivity index (χ4v) is 3.63. The predicted octanol–water partition coefficient (Wildman–Crippen LogP) is 2.80. The third-order valence-electron chi connectivity index (χ3n) is 4.33. The molecule has 0 radical (unpaired) electrons. The topological polar surface area (TPSA) is 45.2 Å². The number of methoxy groups -OCH3 is 1. The van der Waals surface area contributed by atoms with Gasteiger partial charge >= 0.3 is 0 Å². The van der Waals surface area contributed by atoms with Crippen LogP contribution in [0.15, 0.2) is 24.8 Å². The summed E-state index contributed by atoms with van der Waals surface area (Å²) < 4.78 is 11.0. The molecule has 0 aliphatic carbocycles. The van der Waals surface area contributed by atoms with E-state index in [1.807, 2.05) is 25.1 Å². The highest BCUT2D eigenvalue weighted by Crippen LogP contribution is 2.34. The Morgan fingerprint density at radius 3 is 2.80 bits per heavy atom. The van der Waals surface area contributed by atoms with E-state index in [4.69, 9.17) is 21.1 Å². The average molecular weight is 369 g/mol. The van der Waals surface area contributed by atoms with Crippen LogP contribution in [0.2, 0.25) is 5.02 Å². The number of aliphatic hydroxyl groups is 1. The standard InChI is InChI=1S/C19H29ClN2O3/c1-5-9-25-18-11-16(20)15(10-17(18)24-4)12-22-8-6-7-19(23,14-22)13-21(2)3/h5,10-11,23H,1,6-9,12-14H2,2-4H3. The first-order valence-electron chi connectivity index (χ1n) is 8.56. The average Bonchev–Trinajstić information content (AvgIpc) is 2.53. The Morgan fingerprint density at radius 1 is 1.40 bits per heavy atom. The smallest absolute Gasteiger partial charge is 0.163 e. The minimum atomic E-state index is -0.675. The molecule has 0 saturated carbocycles. The van der Waals surface area contributed by atoms with Crippen LogP contribution >= 0.6 is 11.6 Å². The summed E-state index contributed by atoms with van der Waals surface area (Å²) in [7, 11) is 5.59. The Morgan fingerprint density at radius 2 is 2.16 bits per heavy atom. The third kappa shape index (κ3) is 5.61. The highest BCUT2D eigenvalue weighted by Gasteiger charge is 2.33. The largest absolute Gasteiger partial charge is 0.493 e. The van der Waals surface area contributed by atoms with E-state index >= 15 is 0 Å². The van der Waals surface area contributed by atoms with E-state index in [-0.39, 0.29) is 0 Å². The van der Waals surface area contributed by atoms with Crippen molar-refractivity contribution >= 4 is 11.6 Å². The number of ether oxygens (including phenoxy) is 2. The summed E-state index contributed by atoms with van der Waals surface area (Å²) in [6, 6.07) is 3.70. The number of hydrogen-bond donors (Lipinski definition) is 1. The van der Waals surface area contributed by atoms with E-state index in [1.165, 1.54) is 0 Å². The molecule has 5 nitrogen and oxygen atoms in total. The van der Waals surface area contributed by atoms with Gasteiger partial charge in [0.15, 0.2) is 11.5 Å². The van der Waals surface area contributed by atoms with Crippen molar-refractivity contribution < 1.29 is 14.6 Å². The van der Waals surface area contributed by atoms with Crippen LogP contribution in [0.4, 0.5) is 0 Å². The van der Waals surface area contributed by atoms with Gasteiger partial charge in [0, 0.05) is 30.7 Å². The SMILES string of the molecule is C=CCOc1cc(Cl)c(CN2CCCC(O)(CN(C)C)C2)cc1OC. The fourth-order valence-electron chi connectivity index (χ4n) is 3.42. The number of likely N-dealkylation sites (tertiary alicyclic amines) is 1. The zero-order valence-corrected chi connectivity index (χ0v) is 16.2. The number of piperidine rings is 1. The van der Waals surface area contributed by atoms with Crippen LogP contribution in [0, 0.1) is 0 Å². The summed E-state index contributed by atoms with van der Waals surface area (Å²) >= 11 is 6.45. The van der Waals surface area contributed by atoms with Crippen molar-refractivity contribution in [3.05, 3.63) is 35.4 Å². The monoisotopic (exact) mass is 368 g/mol. The summed E-state index contributed by atoms with van der Waals surface area (Å²) in [6.45, 7) is 6.97. The lowest BCUT2D eigenvalue weighted by atomic mass is 9.92. The van der Waals surface area contributed by atoms with Crippen molar-refractivity contribution in [3.63, 3.8) is 0 Å². The van der Waals surface area contributed by atoms with Gasteiger partial charge in [-0.2, -0.15) is 0 Å². The first-order chi connectivity index (χ1) is 11.9. The Hall–Kier alpha value is -1.27. The maximum absolute atomic E-state index is 10.8. The summed E-state index contributed by atoms with van der Waals surface area (Å²) in [4.78, 5) is 4.28. The van der Waals surface area contributed by atoms with Gasteiger partial charge in [-0.05, 0) is 45.1 Å². The van der Waals surface area contributed by atoms with Gasteiger partial charge in [-0.1, -0.05) is 24.3 Å². The number of nitrogens with zero attached hydrogens (tertiary/aromatic N) is 2. The molecule has 1 aromatic carbocycles. The molecule has 1 saturated heterocycles. The molecule has 1 N–H and O–H groups in total. The van der Waals surface area contributed by atoms with Crippen LogP contribution in [-0.4, -0.2) is 68.0 Å². The molecule has 1 fully saturated rings. The molecule has 0 bridgehead atoms. The van der Waals surface area contributed by atoms with Crippen molar-refractivity contribution in [2.24, 2.45) is 0 Å². The minimum Gasteiger partial charge on any atom is -0.493 e. The highest BCUT2D eigenvalue weighted by molar-refractivity contribution is 6.31. The molecule has 1 heterocycles. The molecule has 25 heavy (non-hydrogen) atoms. The molecule has 1 aromatic rings. The van der Waals surface area contributed by atoms with Gasteiger partial charge in [-0.3, -0.25) is 4.90 Å². The van der Waals surface area contributed by atoms with Gasteiger partial charge in [0.2, 0.25) is 0 Å². The van der Waals surface area contributed by atoms with E-state index in [0.29, 0.717) is 42.8 Å². The maximum atomic E-state index is 10.8. The number of rotatable bonds is 8. The fraction of sp³-hybridized carbons (Fsp3) is 0.579. The molecular formula is C19H29ClN2O3. The Labute approximate surface area is 155 Å². The van der Waals surface area contributed by atoms with Crippen molar-refractivity contribution in [2.45, 2.75) is 25.0 Å². The normalized spacial score (nSPS) is 21.4. The molecule has 1 unspecified atom stereocenters. The number of hydrogen-bond acceptors (Lipinski definition) is 5. The summed E-state index contributed by atoms with van der Waals surface area (Å²) in [5, 5.41) is 11.5. The summed E-state index contributed by atoms with van der Waals surface area (Å²) in [5.74, 6) is 1.26. The molecule has 1 aliphatic rings. The molecule has 2 rings (SSSR count). The molecule has 140 valence electrons. The first-order valence-corrected chi connectivity index (χ1v) is 8.94. The third-order valence-corrected chi connectivity index (χ3v) is 4.68. The van der Waals surface area contributed by atoms with Gasteiger partial charge in [0.05, 0.1) is 12.7 Å². The lowest BCUT2D eigenvalue weighted by molar-refractivity contribution is -0.0480. The molecule has 1 atom stereocenters. The molecule has 6 heteroatoms. The van der Waals surface area contributed by atoms with Gasteiger partial charge < -0.3 is 19.5 Å². The predicted molar refractivity (Wildman–Crippen MR) is 102 cm³/mol. The zero-order valence-electron chi connectivity index (χ0n) is 15.4.